The lowest BCUT2D eigenvalue weighted by atomic mass is 10.1. The van der Waals surface area contributed by atoms with Crippen LogP contribution in [0.3, 0.4) is 0 Å². The summed E-state index contributed by atoms with van der Waals surface area (Å²) < 4.78 is 11.6. The third kappa shape index (κ3) is 3.82. The average molecular weight is 410 g/mol. The summed E-state index contributed by atoms with van der Waals surface area (Å²) in [6, 6.07) is 18.9. The van der Waals surface area contributed by atoms with E-state index in [9.17, 15) is 10.1 Å². The minimum Gasteiger partial charge on any atom is -0.455 e. The van der Waals surface area contributed by atoms with Crippen molar-refractivity contribution in [1.82, 2.24) is 9.97 Å². The Morgan fingerprint density at radius 2 is 1.71 bits per heavy atom. The molecule has 0 aliphatic carbocycles. The van der Waals surface area contributed by atoms with E-state index in [1.807, 2.05) is 30.3 Å². The van der Waals surface area contributed by atoms with Gasteiger partial charge in [-0.1, -0.05) is 0 Å². The van der Waals surface area contributed by atoms with Crippen molar-refractivity contribution in [2.24, 2.45) is 4.99 Å². The number of nitro benzene ring substituents is 1. The number of furan rings is 1. The van der Waals surface area contributed by atoms with E-state index < -0.39 is 4.92 Å². The molecule has 0 fully saturated rings. The maximum Gasteiger partial charge on any atom is 0.269 e. The van der Waals surface area contributed by atoms with Crippen molar-refractivity contribution in [3.63, 3.8) is 0 Å². The molecule has 0 N–H and O–H groups in total. The van der Waals surface area contributed by atoms with Crippen molar-refractivity contribution >= 4 is 28.7 Å². The minimum absolute atomic E-state index is 0.0347. The van der Waals surface area contributed by atoms with Gasteiger partial charge in [0, 0.05) is 35.7 Å². The van der Waals surface area contributed by atoms with Gasteiger partial charge in [0.1, 0.15) is 17.0 Å². The fraction of sp³-hybridized carbons (Fsp3) is 0. The van der Waals surface area contributed by atoms with Crippen LogP contribution in [-0.4, -0.2) is 21.1 Å². The lowest BCUT2D eigenvalue weighted by Gasteiger charge is -1.96. The van der Waals surface area contributed by atoms with Crippen molar-refractivity contribution < 1.29 is 13.8 Å². The standard InChI is InChI=1S/C23H14N4O4/c28-27(29)18-4-1-15(2-5-18)21-8-6-19(30-21)14-25-17-3-7-22-20(13-17)26-23(31-22)16-9-11-24-12-10-16/h1-14H. The number of aliphatic imine (C=N–C) groups is 1. The summed E-state index contributed by atoms with van der Waals surface area (Å²) in [7, 11) is 0. The molecule has 0 aliphatic rings. The number of nitro groups is 1. The number of aromatic nitrogens is 2. The Hall–Kier alpha value is -4.59. The van der Waals surface area contributed by atoms with Crippen LogP contribution in [0.15, 0.2) is 93.0 Å². The van der Waals surface area contributed by atoms with Gasteiger partial charge in [0.15, 0.2) is 5.58 Å². The third-order valence-corrected chi connectivity index (χ3v) is 4.63. The molecule has 8 heteroatoms. The van der Waals surface area contributed by atoms with Crippen LogP contribution in [-0.2, 0) is 0 Å². The van der Waals surface area contributed by atoms with Gasteiger partial charge in [0.25, 0.3) is 5.69 Å². The van der Waals surface area contributed by atoms with Crippen LogP contribution < -0.4 is 0 Å². The van der Waals surface area contributed by atoms with Gasteiger partial charge in [-0.25, -0.2) is 4.98 Å². The Kier molecular flexibility index (Phi) is 4.57. The molecule has 31 heavy (non-hydrogen) atoms. The molecule has 0 atom stereocenters. The van der Waals surface area contributed by atoms with E-state index in [1.165, 1.54) is 12.1 Å². The number of fused-ring (bicyclic) bond motifs is 1. The van der Waals surface area contributed by atoms with E-state index in [4.69, 9.17) is 8.83 Å². The quantitative estimate of drug-likeness (QED) is 0.206. The molecular weight excluding hydrogens is 396 g/mol. The van der Waals surface area contributed by atoms with Gasteiger partial charge in [-0.3, -0.25) is 20.1 Å². The normalized spacial score (nSPS) is 11.4. The summed E-state index contributed by atoms with van der Waals surface area (Å²) in [6.45, 7) is 0. The summed E-state index contributed by atoms with van der Waals surface area (Å²) in [5, 5.41) is 10.8. The van der Waals surface area contributed by atoms with Gasteiger partial charge in [-0.15, -0.1) is 0 Å². The smallest absolute Gasteiger partial charge is 0.269 e. The molecule has 3 heterocycles. The highest BCUT2D eigenvalue weighted by atomic mass is 16.6. The zero-order valence-electron chi connectivity index (χ0n) is 16.0. The molecule has 0 saturated heterocycles. The van der Waals surface area contributed by atoms with Crippen LogP contribution >= 0.6 is 0 Å². The number of benzene rings is 2. The fourth-order valence-corrected chi connectivity index (χ4v) is 3.08. The predicted molar refractivity (Wildman–Crippen MR) is 115 cm³/mol. The molecule has 3 aromatic heterocycles. The van der Waals surface area contributed by atoms with Crippen molar-refractivity contribution in [3.05, 3.63) is 95.0 Å². The number of hydrogen-bond acceptors (Lipinski definition) is 7. The molecule has 0 aliphatic heterocycles. The summed E-state index contributed by atoms with van der Waals surface area (Å²) in [6.07, 6.45) is 4.99. The van der Waals surface area contributed by atoms with Crippen LogP contribution in [0.1, 0.15) is 5.76 Å². The molecule has 5 aromatic rings. The first kappa shape index (κ1) is 18.4. The number of oxazole rings is 1. The second kappa shape index (κ2) is 7.68. The first-order valence-corrected chi connectivity index (χ1v) is 9.35. The molecule has 150 valence electrons. The summed E-state index contributed by atoms with van der Waals surface area (Å²) in [4.78, 5) is 23.3. The van der Waals surface area contributed by atoms with Crippen LogP contribution in [0.2, 0.25) is 0 Å². The molecule has 5 rings (SSSR count). The van der Waals surface area contributed by atoms with Crippen LogP contribution in [0, 0.1) is 10.1 Å². The van der Waals surface area contributed by atoms with Crippen molar-refractivity contribution in [2.75, 3.05) is 0 Å². The predicted octanol–water partition coefficient (Wildman–Crippen LogP) is 5.81. The Balaban J connectivity index is 1.36. The SMILES string of the molecule is O=[N+]([O-])c1ccc(-c2ccc(C=Nc3ccc4oc(-c5ccncc5)nc4c3)o2)cc1. The number of nitrogens with zero attached hydrogens (tertiary/aromatic N) is 4. The van der Waals surface area contributed by atoms with Gasteiger partial charge in [0.05, 0.1) is 16.8 Å². The van der Waals surface area contributed by atoms with E-state index in [1.54, 1.807) is 42.9 Å². The fourth-order valence-electron chi connectivity index (χ4n) is 3.08. The molecule has 0 bridgehead atoms. The summed E-state index contributed by atoms with van der Waals surface area (Å²) in [5.74, 6) is 1.69. The lowest BCUT2D eigenvalue weighted by molar-refractivity contribution is -0.384. The molecule has 0 radical (unpaired) electrons. The number of rotatable bonds is 5. The highest BCUT2D eigenvalue weighted by Gasteiger charge is 2.09. The Morgan fingerprint density at radius 1 is 0.903 bits per heavy atom. The van der Waals surface area contributed by atoms with E-state index in [2.05, 4.69) is 15.0 Å². The van der Waals surface area contributed by atoms with Crippen LogP contribution in [0.4, 0.5) is 11.4 Å². The molecule has 0 spiro atoms. The average Bonchev–Trinajstić information content (AvgIpc) is 3.45. The molecule has 0 amide bonds. The Labute approximate surface area is 175 Å². The maximum atomic E-state index is 10.8. The molecule has 0 saturated carbocycles. The van der Waals surface area contributed by atoms with E-state index in [0.717, 1.165) is 11.1 Å². The van der Waals surface area contributed by atoms with E-state index in [0.29, 0.717) is 34.2 Å². The van der Waals surface area contributed by atoms with Gasteiger partial charge >= 0.3 is 0 Å². The first-order valence-electron chi connectivity index (χ1n) is 9.35. The minimum atomic E-state index is -0.435. The van der Waals surface area contributed by atoms with Gasteiger partial charge < -0.3 is 8.83 Å². The van der Waals surface area contributed by atoms with Gasteiger partial charge in [0.2, 0.25) is 5.89 Å². The highest BCUT2D eigenvalue weighted by Crippen LogP contribution is 2.27. The summed E-state index contributed by atoms with van der Waals surface area (Å²) in [5.41, 5.74) is 3.71. The first-order chi connectivity index (χ1) is 15.2. The van der Waals surface area contributed by atoms with Gasteiger partial charge in [-0.05, 0) is 54.6 Å². The maximum absolute atomic E-state index is 10.8. The van der Waals surface area contributed by atoms with Crippen molar-refractivity contribution in [2.45, 2.75) is 0 Å². The Bertz CT molecular complexity index is 1400. The largest absolute Gasteiger partial charge is 0.455 e. The topological polar surface area (TPSA) is 108 Å². The van der Waals surface area contributed by atoms with E-state index >= 15 is 0 Å². The molecule has 8 nitrogen and oxygen atoms in total. The van der Waals surface area contributed by atoms with Crippen molar-refractivity contribution in [3.8, 4) is 22.8 Å². The summed E-state index contributed by atoms with van der Waals surface area (Å²) >= 11 is 0. The molecule has 2 aromatic carbocycles. The number of hydrogen-bond donors (Lipinski definition) is 0. The Morgan fingerprint density at radius 3 is 2.48 bits per heavy atom. The highest BCUT2D eigenvalue weighted by molar-refractivity contribution is 5.83. The van der Waals surface area contributed by atoms with Crippen LogP contribution in [0.5, 0.6) is 0 Å². The lowest BCUT2D eigenvalue weighted by Crippen LogP contribution is -1.86. The third-order valence-electron chi connectivity index (χ3n) is 4.63. The van der Waals surface area contributed by atoms with Crippen LogP contribution in [0.25, 0.3) is 33.9 Å². The van der Waals surface area contributed by atoms with Crippen molar-refractivity contribution in [1.29, 1.82) is 0 Å². The number of pyridine rings is 1. The van der Waals surface area contributed by atoms with E-state index in [-0.39, 0.29) is 5.69 Å². The zero-order valence-corrected chi connectivity index (χ0v) is 16.0. The second-order valence-electron chi connectivity index (χ2n) is 6.67. The number of non-ortho nitro benzene ring substituents is 1. The monoisotopic (exact) mass is 410 g/mol. The second-order valence-corrected chi connectivity index (χ2v) is 6.67. The molecular formula is C23H14N4O4. The zero-order chi connectivity index (χ0) is 21.2. The van der Waals surface area contributed by atoms with Gasteiger partial charge in [-0.2, -0.15) is 0 Å². The molecule has 0 unspecified atom stereocenters.